The molecule has 0 saturated carbocycles. The molecule has 0 unspecified atom stereocenters. The van der Waals surface area contributed by atoms with Crippen molar-refractivity contribution in [3.63, 3.8) is 0 Å². The minimum Gasteiger partial charge on any atom is -0.494 e. The van der Waals surface area contributed by atoms with Crippen molar-refractivity contribution in [2.45, 2.75) is 36.0 Å². The third kappa shape index (κ3) is 4.33. The average molecular weight is 448 g/mol. The van der Waals surface area contributed by atoms with Gasteiger partial charge in [-0.15, -0.1) is 0 Å². The van der Waals surface area contributed by atoms with E-state index in [0.717, 1.165) is 22.7 Å². The highest BCUT2D eigenvalue weighted by atomic mass is 79.9. The largest absolute Gasteiger partial charge is 0.494 e. The zero-order valence-corrected chi connectivity index (χ0v) is 17.8. The van der Waals surface area contributed by atoms with Crippen molar-refractivity contribution in [2.24, 2.45) is 0 Å². The fourth-order valence-electron chi connectivity index (χ4n) is 2.83. The van der Waals surface area contributed by atoms with Gasteiger partial charge < -0.3 is 4.74 Å². The molecule has 4 nitrogen and oxygen atoms in total. The smallest absolute Gasteiger partial charge is 0.208 e. The van der Waals surface area contributed by atoms with Crippen molar-refractivity contribution >= 4 is 36.7 Å². The van der Waals surface area contributed by atoms with Gasteiger partial charge in [0.05, 0.1) is 27.6 Å². The number of pyridine rings is 1. The molecule has 27 heavy (non-hydrogen) atoms. The lowest BCUT2D eigenvalue weighted by Crippen LogP contribution is -2.09. The molecule has 0 bridgehead atoms. The normalized spacial score (nSPS) is 11.9. The lowest BCUT2D eigenvalue weighted by molar-refractivity contribution is 0.319. The fraction of sp³-hybridized carbons (Fsp3) is 0.286. The van der Waals surface area contributed by atoms with Gasteiger partial charge in [-0.2, -0.15) is 0 Å². The summed E-state index contributed by atoms with van der Waals surface area (Å²) in [6.07, 6.45) is 0.889. The molecule has 0 amide bonds. The summed E-state index contributed by atoms with van der Waals surface area (Å²) in [5.74, 6) is 0.654. The molecule has 142 valence electrons. The fourth-order valence-corrected chi connectivity index (χ4v) is 4.64. The van der Waals surface area contributed by atoms with E-state index in [1.807, 2.05) is 38.1 Å². The van der Waals surface area contributed by atoms with Crippen LogP contribution in [0.15, 0.2) is 64.4 Å². The lowest BCUT2D eigenvalue weighted by Gasteiger charge is -2.14. The maximum absolute atomic E-state index is 13.3. The van der Waals surface area contributed by atoms with Gasteiger partial charge >= 0.3 is 0 Å². The van der Waals surface area contributed by atoms with Crippen LogP contribution in [0.1, 0.15) is 31.9 Å². The van der Waals surface area contributed by atoms with Gasteiger partial charge in [0, 0.05) is 10.7 Å². The van der Waals surface area contributed by atoms with Gasteiger partial charge in [0.2, 0.25) is 9.84 Å². The van der Waals surface area contributed by atoms with Crippen molar-refractivity contribution in [1.29, 1.82) is 0 Å². The molecule has 0 fully saturated rings. The first-order chi connectivity index (χ1) is 12.9. The predicted octanol–water partition coefficient (Wildman–Crippen LogP) is 5.35. The van der Waals surface area contributed by atoms with Crippen molar-refractivity contribution in [3.8, 4) is 5.75 Å². The summed E-state index contributed by atoms with van der Waals surface area (Å²) >= 11 is 3.36. The first-order valence-electron chi connectivity index (χ1n) is 8.87. The highest BCUT2D eigenvalue weighted by molar-refractivity contribution is 9.09. The number of aromatic nitrogens is 1. The maximum Gasteiger partial charge on any atom is 0.208 e. The Balaban J connectivity index is 2.02. The summed E-state index contributed by atoms with van der Waals surface area (Å²) < 4.78 is 32.2. The summed E-state index contributed by atoms with van der Waals surface area (Å²) in [5, 5.41) is 1.68. The van der Waals surface area contributed by atoms with Crippen LogP contribution in [0.25, 0.3) is 10.9 Å². The second-order valence-corrected chi connectivity index (χ2v) is 9.30. The van der Waals surface area contributed by atoms with E-state index in [2.05, 4.69) is 20.9 Å². The van der Waals surface area contributed by atoms with Gasteiger partial charge in [0.15, 0.2) is 0 Å². The molecule has 0 aliphatic heterocycles. The number of hydrogen-bond acceptors (Lipinski definition) is 4. The van der Waals surface area contributed by atoms with Gasteiger partial charge in [0.1, 0.15) is 5.75 Å². The molecule has 6 heteroatoms. The van der Waals surface area contributed by atoms with Crippen LogP contribution in [0, 0.1) is 0 Å². The highest BCUT2D eigenvalue weighted by Crippen LogP contribution is 2.31. The Hall–Kier alpha value is -1.92. The SMILES string of the molecule is CC(C)c1nc2ccccc2cc1S(=O)(=O)c1ccc(OCCCBr)cc1. The molecule has 3 rings (SSSR count). The summed E-state index contributed by atoms with van der Waals surface area (Å²) in [6, 6.07) is 15.9. The van der Waals surface area contributed by atoms with Gasteiger partial charge in [-0.1, -0.05) is 48.0 Å². The molecule has 0 atom stereocenters. The number of nitrogens with zero attached hydrogens (tertiary/aromatic N) is 1. The van der Waals surface area contributed by atoms with Gasteiger partial charge in [-0.3, -0.25) is 4.98 Å². The third-order valence-corrected chi connectivity index (χ3v) is 6.59. The van der Waals surface area contributed by atoms with Crippen LogP contribution in [0.3, 0.4) is 0 Å². The van der Waals surface area contributed by atoms with Crippen LogP contribution in [0.4, 0.5) is 0 Å². The molecule has 1 aromatic heterocycles. The van der Waals surface area contributed by atoms with Gasteiger partial charge in [-0.05, 0) is 48.7 Å². The summed E-state index contributed by atoms with van der Waals surface area (Å²) in [4.78, 5) is 5.14. The molecule has 2 aromatic carbocycles. The number of halogens is 1. The predicted molar refractivity (Wildman–Crippen MR) is 112 cm³/mol. The van der Waals surface area contributed by atoms with Crippen LogP contribution in [0.5, 0.6) is 5.75 Å². The lowest BCUT2D eigenvalue weighted by atomic mass is 10.1. The third-order valence-electron chi connectivity index (χ3n) is 4.23. The molecule has 0 saturated heterocycles. The Bertz CT molecular complexity index is 1030. The minimum atomic E-state index is -3.67. The number of alkyl halides is 1. The zero-order chi connectivity index (χ0) is 19.4. The van der Waals surface area contributed by atoms with Gasteiger partial charge in [0.25, 0.3) is 0 Å². The number of ether oxygens (including phenoxy) is 1. The number of sulfone groups is 1. The molecule has 1 heterocycles. The van der Waals surface area contributed by atoms with Crippen LogP contribution < -0.4 is 4.74 Å². The zero-order valence-electron chi connectivity index (χ0n) is 15.4. The maximum atomic E-state index is 13.3. The van der Waals surface area contributed by atoms with Crippen LogP contribution in [0.2, 0.25) is 0 Å². The first-order valence-corrected chi connectivity index (χ1v) is 11.5. The van der Waals surface area contributed by atoms with Crippen molar-refractivity contribution in [3.05, 3.63) is 60.3 Å². The van der Waals surface area contributed by atoms with Crippen LogP contribution in [-0.4, -0.2) is 25.3 Å². The Labute approximate surface area is 168 Å². The van der Waals surface area contributed by atoms with Crippen molar-refractivity contribution in [2.75, 3.05) is 11.9 Å². The van der Waals surface area contributed by atoms with Crippen LogP contribution >= 0.6 is 15.9 Å². The topological polar surface area (TPSA) is 56.3 Å². The van der Waals surface area contributed by atoms with E-state index in [1.54, 1.807) is 30.3 Å². The Morgan fingerprint density at radius 2 is 1.78 bits per heavy atom. The molecule has 0 aliphatic carbocycles. The van der Waals surface area contributed by atoms with Gasteiger partial charge in [-0.25, -0.2) is 8.42 Å². The van der Waals surface area contributed by atoms with Crippen LogP contribution in [-0.2, 0) is 9.84 Å². The molecule has 0 spiro atoms. The van der Waals surface area contributed by atoms with E-state index in [9.17, 15) is 8.42 Å². The number of para-hydroxylation sites is 1. The summed E-state index contributed by atoms with van der Waals surface area (Å²) in [7, 11) is -3.67. The Morgan fingerprint density at radius 1 is 1.07 bits per heavy atom. The molecular weight excluding hydrogens is 426 g/mol. The van der Waals surface area contributed by atoms with E-state index < -0.39 is 9.84 Å². The second kappa shape index (κ2) is 8.40. The van der Waals surface area contributed by atoms with E-state index >= 15 is 0 Å². The van der Waals surface area contributed by atoms with E-state index in [4.69, 9.17) is 4.74 Å². The van der Waals surface area contributed by atoms with E-state index in [-0.39, 0.29) is 15.7 Å². The standard InChI is InChI=1S/C21H22BrNO3S/c1-15(2)21-20(14-16-6-3-4-7-19(16)23-21)27(24,25)18-10-8-17(9-11-18)26-13-5-12-22/h3-4,6-11,14-15H,5,12-13H2,1-2H3. The van der Waals surface area contributed by atoms with E-state index in [0.29, 0.717) is 18.1 Å². The molecule has 3 aromatic rings. The number of benzene rings is 2. The summed E-state index contributed by atoms with van der Waals surface area (Å²) in [6.45, 7) is 4.50. The number of fused-ring (bicyclic) bond motifs is 1. The quantitative estimate of drug-likeness (QED) is 0.361. The van der Waals surface area contributed by atoms with E-state index in [1.165, 1.54) is 0 Å². The molecule has 0 N–H and O–H groups in total. The second-order valence-electron chi connectivity index (χ2n) is 6.58. The molecule has 0 radical (unpaired) electrons. The summed E-state index contributed by atoms with van der Waals surface area (Å²) in [5.41, 5.74) is 1.39. The first kappa shape index (κ1) is 19.8. The number of hydrogen-bond donors (Lipinski definition) is 0. The molecule has 0 aliphatic rings. The monoisotopic (exact) mass is 447 g/mol. The highest BCUT2D eigenvalue weighted by Gasteiger charge is 2.24. The number of rotatable bonds is 7. The average Bonchev–Trinajstić information content (AvgIpc) is 2.67. The Morgan fingerprint density at radius 3 is 2.44 bits per heavy atom. The van der Waals surface area contributed by atoms with Crippen molar-refractivity contribution in [1.82, 2.24) is 4.98 Å². The Kier molecular flexibility index (Phi) is 6.17. The molecular formula is C21H22BrNO3S. The minimum absolute atomic E-state index is 0.00811. The van der Waals surface area contributed by atoms with Crippen molar-refractivity contribution < 1.29 is 13.2 Å².